The van der Waals surface area contributed by atoms with Gasteiger partial charge in [0.2, 0.25) is 0 Å². The van der Waals surface area contributed by atoms with Crippen LogP contribution in [-0.2, 0) is 16.0 Å². The number of carboxylic acids is 1. The molecule has 1 aromatic rings. The van der Waals surface area contributed by atoms with E-state index >= 15 is 0 Å². The van der Waals surface area contributed by atoms with Gasteiger partial charge >= 0.3 is 5.97 Å². The van der Waals surface area contributed by atoms with Gasteiger partial charge in [0.25, 0.3) is 5.91 Å². The van der Waals surface area contributed by atoms with Crippen molar-refractivity contribution in [3.8, 4) is 0 Å². The zero-order valence-electron chi connectivity index (χ0n) is 13.3. The van der Waals surface area contributed by atoms with Crippen LogP contribution in [0.1, 0.15) is 25.8 Å². The van der Waals surface area contributed by atoms with E-state index in [1.54, 1.807) is 0 Å². The lowest BCUT2D eigenvalue weighted by Crippen LogP contribution is -2.52. The van der Waals surface area contributed by atoms with Crippen molar-refractivity contribution in [1.29, 1.82) is 0 Å². The van der Waals surface area contributed by atoms with Crippen LogP contribution in [0, 0.1) is 5.92 Å². The molecule has 0 saturated heterocycles. The van der Waals surface area contributed by atoms with Crippen molar-refractivity contribution in [2.24, 2.45) is 11.7 Å². The van der Waals surface area contributed by atoms with Crippen molar-refractivity contribution in [3.63, 3.8) is 0 Å². The molecule has 0 unspecified atom stereocenters. The van der Waals surface area contributed by atoms with Crippen LogP contribution in [0.15, 0.2) is 30.3 Å². The van der Waals surface area contributed by atoms with Gasteiger partial charge in [0, 0.05) is 6.04 Å². The number of hydrogen-bond donors (Lipinski definition) is 4. The Kier molecular flexibility index (Phi) is 9.48. The second kappa shape index (κ2) is 10.2. The summed E-state index contributed by atoms with van der Waals surface area (Å²) in [6, 6.07) is 7.44. The van der Waals surface area contributed by atoms with E-state index in [2.05, 4.69) is 5.32 Å². The molecule has 1 rings (SSSR count). The Morgan fingerprint density at radius 3 is 2.26 bits per heavy atom. The van der Waals surface area contributed by atoms with Crippen LogP contribution >= 0.6 is 12.4 Å². The second-order valence-electron chi connectivity index (χ2n) is 5.83. The number of aliphatic hydroxyl groups excluding tert-OH is 1. The van der Waals surface area contributed by atoms with E-state index in [1.165, 1.54) is 0 Å². The molecule has 5 N–H and O–H groups in total. The number of carbonyl (C=O) groups excluding carboxylic acids is 1. The molecule has 23 heavy (non-hydrogen) atoms. The van der Waals surface area contributed by atoms with Crippen molar-refractivity contribution in [2.45, 2.75) is 44.9 Å². The highest BCUT2D eigenvalue weighted by molar-refractivity contribution is 5.86. The minimum Gasteiger partial charge on any atom is -0.480 e. The van der Waals surface area contributed by atoms with Gasteiger partial charge in [-0.2, -0.15) is 0 Å². The minimum absolute atomic E-state index is 0. The summed E-state index contributed by atoms with van der Waals surface area (Å²) < 4.78 is 0. The van der Waals surface area contributed by atoms with Gasteiger partial charge < -0.3 is 21.3 Å². The summed E-state index contributed by atoms with van der Waals surface area (Å²) in [4.78, 5) is 23.1. The molecule has 1 aromatic carbocycles. The van der Waals surface area contributed by atoms with Gasteiger partial charge in [0.05, 0.1) is 0 Å². The number of benzene rings is 1. The fraction of sp³-hybridized carbons (Fsp3) is 0.500. The predicted molar refractivity (Wildman–Crippen MR) is 90.4 cm³/mol. The van der Waals surface area contributed by atoms with E-state index < -0.39 is 30.1 Å². The van der Waals surface area contributed by atoms with Crippen LogP contribution in [0.5, 0.6) is 0 Å². The molecule has 130 valence electrons. The molecular weight excluding hydrogens is 320 g/mol. The maximum atomic E-state index is 12.0. The Labute approximate surface area is 142 Å². The van der Waals surface area contributed by atoms with E-state index in [-0.39, 0.29) is 18.3 Å². The van der Waals surface area contributed by atoms with Gasteiger partial charge in [-0.05, 0) is 24.3 Å². The van der Waals surface area contributed by atoms with E-state index in [1.807, 2.05) is 44.2 Å². The number of carbonyl (C=O) groups is 2. The van der Waals surface area contributed by atoms with Crippen molar-refractivity contribution >= 4 is 24.3 Å². The largest absolute Gasteiger partial charge is 0.480 e. The lowest BCUT2D eigenvalue weighted by Gasteiger charge is -2.22. The standard InChI is InChI=1S/C16H24N2O4.ClH/c1-10(2)8-13(16(21)22)18-15(20)14(19)12(17)9-11-6-4-3-5-7-11;/h3-7,10,12-14,19H,8-9,17H2,1-2H3,(H,18,20)(H,21,22);1H/t12-,13-,14-;/m0./s1. The summed E-state index contributed by atoms with van der Waals surface area (Å²) in [6.07, 6.45) is -0.826. The molecule has 0 aliphatic heterocycles. The molecule has 0 bridgehead atoms. The Morgan fingerprint density at radius 1 is 1.22 bits per heavy atom. The lowest BCUT2D eigenvalue weighted by molar-refractivity contribution is -0.144. The first kappa shape index (κ1) is 21.4. The molecule has 1 amide bonds. The number of nitrogens with two attached hydrogens (primary N) is 1. The summed E-state index contributed by atoms with van der Waals surface area (Å²) >= 11 is 0. The average molecular weight is 345 g/mol. The quantitative estimate of drug-likeness (QED) is 0.561. The molecule has 0 fully saturated rings. The average Bonchev–Trinajstić information content (AvgIpc) is 2.46. The third-order valence-corrected chi connectivity index (χ3v) is 3.31. The zero-order chi connectivity index (χ0) is 16.7. The Hall–Kier alpha value is -1.63. The van der Waals surface area contributed by atoms with Crippen LogP contribution in [-0.4, -0.2) is 40.3 Å². The smallest absolute Gasteiger partial charge is 0.326 e. The first-order valence-corrected chi connectivity index (χ1v) is 7.32. The number of amides is 1. The molecule has 7 heteroatoms. The summed E-state index contributed by atoms with van der Waals surface area (Å²) in [5, 5.41) is 21.4. The number of aliphatic carboxylic acids is 1. The summed E-state index contributed by atoms with van der Waals surface area (Å²) in [6.45, 7) is 3.72. The Morgan fingerprint density at radius 2 is 1.78 bits per heavy atom. The second-order valence-corrected chi connectivity index (χ2v) is 5.83. The fourth-order valence-corrected chi connectivity index (χ4v) is 2.14. The zero-order valence-corrected chi connectivity index (χ0v) is 14.1. The lowest BCUT2D eigenvalue weighted by atomic mass is 10.00. The first-order chi connectivity index (χ1) is 10.3. The van der Waals surface area contributed by atoms with E-state index in [0.717, 1.165) is 5.56 Å². The highest BCUT2D eigenvalue weighted by Gasteiger charge is 2.28. The molecule has 0 aliphatic carbocycles. The van der Waals surface area contributed by atoms with E-state index in [9.17, 15) is 14.7 Å². The van der Waals surface area contributed by atoms with E-state index in [0.29, 0.717) is 12.8 Å². The van der Waals surface area contributed by atoms with Crippen LogP contribution in [0.4, 0.5) is 0 Å². The van der Waals surface area contributed by atoms with Gasteiger partial charge in [0.15, 0.2) is 0 Å². The van der Waals surface area contributed by atoms with Crippen molar-refractivity contribution in [1.82, 2.24) is 5.32 Å². The molecule has 0 saturated carbocycles. The normalized spacial score (nSPS) is 14.5. The number of hydrogen-bond acceptors (Lipinski definition) is 4. The fourth-order valence-electron chi connectivity index (χ4n) is 2.14. The predicted octanol–water partition coefficient (Wildman–Crippen LogP) is 0.955. The third kappa shape index (κ3) is 7.45. The van der Waals surface area contributed by atoms with Crippen molar-refractivity contribution in [2.75, 3.05) is 0 Å². The van der Waals surface area contributed by atoms with Crippen molar-refractivity contribution in [3.05, 3.63) is 35.9 Å². The SMILES string of the molecule is CC(C)C[C@H](NC(=O)[C@@H](O)[C@@H](N)Cc1ccccc1)C(=O)O.Cl. The van der Waals surface area contributed by atoms with Gasteiger partial charge in [-0.1, -0.05) is 44.2 Å². The molecule has 0 heterocycles. The summed E-state index contributed by atoms with van der Waals surface area (Å²) in [5.41, 5.74) is 6.75. The number of rotatable bonds is 8. The molecule has 0 radical (unpaired) electrons. The molecule has 3 atom stereocenters. The van der Waals surface area contributed by atoms with Gasteiger partial charge in [-0.15, -0.1) is 12.4 Å². The molecule has 0 aliphatic rings. The topological polar surface area (TPSA) is 113 Å². The number of halogens is 1. The summed E-state index contributed by atoms with van der Waals surface area (Å²) in [5.74, 6) is -1.76. The highest BCUT2D eigenvalue weighted by atomic mass is 35.5. The monoisotopic (exact) mass is 344 g/mol. The first-order valence-electron chi connectivity index (χ1n) is 7.32. The molecule has 6 nitrogen and oxygen atoms in total. The maximum absolute atomic E-state index is 12.0. The van der Waals surface area contributed by atoms with Crippen LogP contribution < -0.4 is 11.1 Å². The molecule has 0 aromatic heterocycles. The molecule has 0 spiro atoms. The van der Waals surface area contributed by atoms with Gasteiger partial charge in [0.1, 0.15) is 12.1 Å². The Bertz CT molecular complexity index is 496. The summed E-state index contributed by atoms with van der Waals surface area (Å²) in [7, 11) is 0. The number of aliphatic hydroxyl groups is 1. The van der Waals surface area contributed by atoms with Gasteiger partial charge in [-0.25, -0.2) is 4.79 Å². The van der Waals surface area contributed by atoms with Crippen LogP contribution in [0.25, 0.3) is 0 Å². The number of carboxylic acid groups (broad SMARTS) is 1. The van der Waals surface area contributed by atoms with E-state index in [4.69, 9.17) is 10.8 Å². The van der Waals surface area contributed by atoms with Crippen molar-refractivity contribution < 1.29 is 19.8 Å². The molecular formula is C16H25ClN2O4. The minimum atomic E-state index is -1.45. The third-order valence-electron chi connectivity index (χ3n) is 3.31. The van der Waals surface area contributed by atoms with Gasteiger partial charge in [-0.3, -0.25) is 4.79 Å². The van der Waals surface area contributed by atoms with Crippen LogP contribution in [0.3, 0.4) is 0 Å². The Balaban J connectivity index is 0.00000484. The maximum Gasteiger partial charge on any atom is 0.326 e. The number of nitrogens with one attached hydrogen (secondary N) is 1. The van der Waals surface area contributed by atoms with Crippen LogP contribution in [0.2, 0.25) is 0 Å². The highest BCUT2D eigenvalue weighted by Crippen LogP contribution is 2.08.